The Hall–Kier alpha value is -0.610. The van der Waals surface area contributed by atoms with Gasteiger partial charge < -0.3 is 4.90 Å². The number of aromatic nitrogens is 1. The Morgan fingerprint density at radius 3 is 2.40 bits per heavy atom. The molecule has 0 N–H and O–H groups in total. The van der Waals surface area contributed by atoms with Crippen LogP contribution < -0.4 is 4.90 Å². The van der Waals surface area contributed by atoms with E-state index in [0.717, 1.165) is 37.3 Å². The quantitative estimate of drug-likeness (QED) is 0.785. The molecule has 1 aromatic heterocycles. The Bertz CT molecular complexity index is 394. The zero-order valence-electron chi connectivity index (χ0n) is 12.8. The highest BCUT2D eigenvalue weighted by Crippen LogP contribution is 2.28. The van der Waals surface area contributed by atoms with Crippen molar-refractivity contribution in [3.8, 4) is 0 Å². The topological polar surface area (TPSA) is 19.4 Å². The van der Waals surface area contributed by atoms with Gasteiger partial charge in [0.15, 0.2) is 0 Å². The molecular weight excluding hydrogens is 314 g/mol. The lowest BCUT2D eigenvalue weighted by Gasteiger charge is -2.39. The van der Waals surface area contributed by atoms with Gasteiger partial charge in [-0.1, -0.05) is 42.8 Å². The predicted molar refractivity (Wildman–Crippen MR) is 89.6 cm³/mol. The van der Waals surface area contributed by atoms with E-state index in [1.165, 1.54) is 6.54 Å². The second kappa shape index (κ2) is 6.90. The van der Waals surface area contributed by atoms with Crippen LogP contribution in [-0.4, -0.2) is 47.9 Å². The van der Waals surface area contributed by atoms with Gasteiger partial charge in [-0.15, -0.1) is 0 Å². The maximum atomic E-state index is 4.44. The molecule has 0 spiro atoms. The summed E-state index contributed by atoms with van der Waals surface area (Å²) in [6, 6.07) is 6.14. The predicted octanol–water partition coefficient (Wildman–Crippen LogP) is 3.26. The Kier molecular flexibility index (Phi) is 5.44. The standard InChI is InChI=1S/C16H26BrN3/c1-16(2,3)14(12-17)13-19-8-10-20(11-9-19)15-6-4-5-7-18-15/h4-7,14H,8-13H2,1-3H3. The van der Waals surface area contributed by atoms with E-state index in [-0.39, 0.29) is 0 Å². The molecule has 0 aromatic carbocycles. The lowest BCUT2D eigenvalue weighted by molar-refractivity contribution is 0.159. The number of hydrogen-bond acceptors (Lipinski definition) is 3. The molecule has 1 aliphatic heterocycles. The average molecular weight is 340 g/mol. The Morgan fingerprint density at radius 2 is 1.90 bits per heavy atom. The first kappa shape index (κ1) is 15.8. The van der Waals surface area contributed by atoms with Gasteiger partial charge in [0.2, 0.25) is 0 Å². The molecule has 1 atom stereocenters. The van der Waals surface area contributed by atoms with Gasteiger partial charge in [-0.2, -0.15) is 0 Å². The van der Waals surface area contributed by atoms with E-state index >= 15 is 0 Å². The second-order valence-electron chi connectivity index (χ2n) is 6.69. The molecule has 1 fully saturated rings. The maximum absolute atomic E-state index is 4.44. The third-order valence-electron chi connectivity index (χ3n) is 4.24. The number of hydrogen-bond donors (Lipinski definition) is 0. The minimum Gasteiger partial charge on any atom is -0.354 e. The number of nitrogens with zero attached hydrogens (tertiary/aromatic N) is 3. The van der Waals surface area contributed by atoms with E-state index in [9.17, 15) is 0 Å². The SMILES string of the molecule is CC(C)(C)C(CBr)CN1CCN(c2ccccn2)CC1. The van der Waals surface area contributed by atoms with Crippen LogP contribution in [0.2, 0.25) is 0 Å². The molecule has 0 aliphatic carbocycles. The van der Waals surface area contributed by atoms with Crippen LogP contribution in [-0.2, 0) is 0 Å². The highest BCUT2D eigenvalue weighted by atomic mass is 79.9. The number of pyridine rings is 1. The fraction of sp³-hybridized carbons (Fsp3) is 0.688. The van der Waals surface area contributed by atoms with Crippen molar-refractivity contribution < 1.29 is 0 Å². The molecule has 112 valence electrons. The van der Waals surface area contributed by atoms with Gasteiger partial charge in [0, 0.05) is 44.3 Å². The molecule has 20 heavy (non-hydrogen) atoms. The molecule has 1 aromatic rings. The van der Waals surface area contributed by atoms with Crippen molar-refractivity contribution in [1.82, 2.24) is 9.88 Å². The van der Waals surface area contributed by atoms with E-state index in [1.807, 2.05) is 12.3 Å². The largest absolute Gasteiger partial charge is 0.354 e. The molecule has 3 nitrogen and oxygen atoms in total. The summed E-state index contributed by atoms with van der Waals surface area (Å²) >= 11 is 3.68. The van der Waals surface area contributed by atoms with Gasteiger partial charge in [-0.3, -0.25) is 4.90 Å². The molecular formula is C16H26BrN3. The lowest BCUT2D eigenvalue weighted by Crippen LogP contribution is -2.49. The summed E-state index contributed by atoms with van der Waals surface area (Å²) in [5, 5.41) is 1.08. The molecule has 1 unspecified atom stereocenters. The highest BCUT2D eigenvalue weighted by Gasteiger charge is 2.27. The first-order chi connectivity index (χ1) is 9.50. The minimum atomic E-state index is 0.363. The highest BCUT2D eigenvalue weighted by molar-refractivity contribution is 9.09. The molecule has 0 amide bonds. The molecule has 0 bridgehead atoms. The normalized spacial score (nSPS) is 19.1. The minimum absolute atomic E-state index is 0.363. The number of piperazine rings is 1. The van der Waals surface area contributed by atoms with Crippen molar-refractivity contribution in [3.63, 3.8) is 0 Å². The summed E-state index contributed by atoms with van der Waals surface area (Å²) in [7, 11) is 0. The van der Waals surface area contributed by atoms with E-state index in [0.29, 0.717) is 11.3 Å². The molecule has 0 radical (unpaired) electrons. The van der Waals surface area contributed by atoms with E-state index < -0.39 is 0 Å². The molecule has 1 aliphatic rings. The monoisotopic (exact) mass is 339 g/mol. The summed E-state index contributed by atoms with van der Waals surface area (Å²) < 4.78 is 0. The van der Waals surface area contributed by atoms with Crippen LogP contribution in [0.5, 0.6) is 0 Å². The zero-order valence-corrected chi connectivity index (χ0v) is 14.4. The number of alkyl halides is 1. The van der Waals surface area contributed by atoms with Crippen LogP contribution in [0.25, 0.3) is 0 Å². The van der Waals surface area contributed by atoms with Crippen molar-refractivity contribution in [3.05, 3.63) is 24.4 Å². The van der Waals surface area contributed by atoms with Crippen molar-refractivity contribution in [2.75, 3.05) is 43.0 Å². The van der Waals surface area contributed by atoms with Crippen LogP contribution in [0.15, 0.2) is 24.4 Å². The maximum Gasteiger partial charge on any atom is 0.128 e. The van der Waals surface area contributed by atoms with Gasteiger partial charge in [0.1, 0.15) is 5.82 Å². The van der Waals surface area contributed by atoms with E-state index in [2.05, 4.69) is 63.6 Å². The molecule has 2 rings (SSSR count). The van der Waals surface area contributed by atoms with Gasteiger partial charge in [-0.25, -0.2) is 4.98 Å². The van der Waals surface area contributed by atoms with Crippen molar-refractivity contribution in [2.24, 2.45) is 11.3 Å². The molecule has 0 saturated carbocycles. The number of anilines is 1. The molecule has 2 heterocycles. The summed E-state index contributed by atoms with van der Waals surface area (Å²) in [4.78, 5) is 9.42. The summed E-state index contributed by atoms with van der Waals surface area (Å²) in [5.41, 5.74) is 0.363. The third kappa shape index (κ3) is 4.19. The Morgan fingerprint density at radius 1 is 1.20 bits per heavy atom. The average Bonchev–Trinajstić information content (AvgIpc) is 2.45. The lowest BCUT2D eigenvalue weighted by atomic mass is 9.81. The van der Waals surface area contributed by atoms with Crippen LogP contribution in [0.4, 0.5) is 5.82 Å². The van der Waals surface area contributed by atoms with Crippen molar-refractivity contribution >= 4 is 21.7 Å². The fourth-order valence-electron chi connectivity index (χ4n) is 2.57. The van der Waals surface area contributed by atoms with Crippen LogP contribution in [0.1, 0.15) is 20.8 Å². The number of rotatable bonds is 4. The summed E-state index contributed by atoms with van der Waals surface area (Å²) in [6.07, 6.45) is 1.88. The van der Waals surface area contributed by atoms with E-state index in [1.54, 1.807) is 0 Å². The van der Waals surface area contributed by atoms with Gasteiger partial charge in [0.05, 0.1) is 0 Å². The van der Waals surface area contributed by atoms with Gasteiger partial charge in [0.25, 0.3) is 0 Å². The van der Waals surface area contributed by atoms with Crippen LogP contribution in [0, 0.1) is 11.3 Å². The van der Waals surface area contributed by atoms with E-state index in [4.69, 9.17) is 0 Å². The van der Waals surface area contributed by atoms with Crippen LogP contribution in [0.3, 0.4) is 0 Å². The smallest absolute Gasteiger partial charge is 0.128 e. The Balaban J connectivity index is 1.85. The summed E-state index contributed by atoms with van der Waals surface area (Å²) in [5.74, 6) is 1.81. The molecule has 4 heteroatoms. The third-order valence-corrected chi connectivity index (χ3v) is 5.02. The summed E-state index contributed by atoms with van der Waals surface area (Å²) in [6.45, 7) is 12.6. The first-order valence-electron chi connectivity index (χ1n) is 7.45. The van der Waals surface area contributed by atoms with Crippen LogP contribution >= 0.6 is 15.9 Å². The van der Waals surface area contributed by atoms with Gasteiger partial charge >= 0.3 is 0 Å². The Labute approximate surface area is 131 Å². The molecule has 1 saturated heterocycles. The first-order valence-corrected chi connectivity index (χ1v) is 8.57. The number of halogens is 1. The van der Waals surface area contributed by atoms with Gasteiger partial charge in [-0.05, 0) is 23.5 Å². The van der Waals surface area contributed by atoms with Crippen molar-refractivity contribution in [1.29, 1.82) is 0 Å². The van der Waals surface area contributed by atoms with Crippen molar-refractivity contribution in [2.45, 2.75) is 20.8 Å². The fourth-order valence-corrected chi connectivity index (χ4v) is 3.74. The zero-order chi connectivity index (χ0) is 14.6. The second-order valence-corrected chi connectivity index (χ2v) is 7.34.